The zero-order valence-corrected chi connectivity index (χ0v) is 16.0. The third-order valence-electron chi connectivity index (χ3n) is 5.42. The Balaban J connectivity index is 1.83. The standard InChI is InChI=1S/C21H19ClN2O4/c1-2-28-21(25)16-8-4-7-14-13-5-3-6-15(13)20(23-19(14)16)17-11-12(24(26)27)9-10-18(17)22/h3-5,7-11,13,15,20,23H,2,6H2,1H3/t13-,15-,20+/m1/s1. The molecule has 2 aromatic rings. The Morgan fingerprint density at radius 3 is 2.89 bits per heavy atom. The van der Waals surface area contributed by atoms with Crippen LogP contribution in [0.25, 0.3) is 0 Å². The highest BCUT2D eigenvalue weighted by Gasteiger charge is 2.40. The number of nitro benzene ring substituents is 1. The number of rotatable bonds is 4. The maximum absolute atomic E-state index is 12.5. The number of para-hydroxylation sites is 1. The summed E-state index contributed by atoms with van der Waals surface area (Å²) in [5.41, 5.74) is 2.86. The van der Waals surface area contributed by atoms with Crippen molar-refractivity contribution >= 4 is 28.9 Å². The first-order valence-corrected chi connectivity index (χ1v) is 9.56. The Bertz CT molecular complexity index is 988. The molecule has 0 radical (unpaired) electrons. The zero-order valence-electron chi connectivity index (χ0n) is 15.2. The van der Waals surface area contributed by atoms with E-state index >= 15 is 0 Å². The number of hydrogen-bond donors (Lipinski definition) is 1. The van der Waals surface area contributed by atoms with Gasteiger partial charge in [0, 0.05) is 28.6 Å². The number of nitro groups is 1. The van der Waals surface area contributed by atoms with Crippen LogP contribution in [0.4, 0.5) is 11.4 Å². The summed E-state index contributed by atoms with van der Waals surface area (Å²) in [5.74, 6) is -0.133. The summed E-state index contributed by atoms with van der Waals surface area (Å²) in [5, 5.41) is 15.2. The highest BCUT2D eigenvalue weighted by molar-refractivity contribution is 6.31. The van der Waals surface area contributed by atoms with Gasteiger partial charge < -0.3 is 10.1 Å². The highest BCUT2D eigenvalue weighted by atomic mass is 35.5. The second-order valence-corrected chi connectivity index (χ2v) is 7.34. The number of carbonyl (C=O) groups excluding carboxylic acids is 1. The summed E-state index contributed by atoms with van der Waals surface area (Å²) in [6, 6.07) is 9.82. The van der Waals surface area contributed by atoms with E-state index in [1.165, 1.54) is 12.1 Å². The Morgan fingerprint density at radius 1 is 1.32 bits per heavy atom. The molecule has 0 bridgehead atoms. The molecule has 7 heteroatoms. The minimum Gasteiger partial charge on any atom is -0.462 e. The van der Waals surface area contributed by atoms with Crippen molar-refractivity contribution in [2.75, 3.05) is 11.9 Å². The van der Waals surface area contributed by atoms with Gasteiger partial charge >= 0.3 is 5.97 Å². The molecule has 6 nitrogen and oxygen atoms in total. The fourth-order valence-corrected chi connectivity index (χ4v) is 4.43. The summed E-state index contributed by atoms with van der Waals surface area (Å²) in [6.45, 7) is 2.05. The molecule has 1 heterocycles. The van der Waals surface area contributed by atoms with Crippen LogP contribution in [-0.4, -0.2) is 17.5 Å². The Labute approximate surface area is 167 Å². The lowest BCUT2D eigenvalue weighted by molar-refractivity contribution is -0.384. The lowest BCUT2D eigenvalue weighted by atomic mass is 9.76. The molecule has 0 amide bonds. The number of hydrogen-bond acceptors (Lipinski definition) is 5. The Hall–Kier alpha value is -2.86. The number of anilines is 1. The molecule has 0 unspecified atom stereocenters. The summed E-state index contributed by atoms with van der Waals surface area (Å²) in [7, 11) is 0. The number of ether oxygens (including phenoxy) is 1. The molecule has 3 atom stereocenters. The highest BCUT2D eigenvalue weighted by Crippen LogP contribution is 2.51. The number of halogens is 1. The number of nitrogens with one attached hydrogen (secondary N) is 1. The lowest BCUT2D eigenvalue weighted by Crippen LogP contribution is -2.30. The third kappa shape index (κ3) is 3.03. The fourth-order valence-electron chi connectivity index (χ4n) is 4.19. The largest absolute Gasteiger partial charge is 0.462 e. The average Bonchev–Trinajstić information content (AvgIpc) is 3.17. The first-order chi connectivity index (χ1) is 13.5. The van der Waals surface area contributed by atoms with Crippen LogP contribution in [0.3, 0.4) is 0 Å². The molecular weight excluding hydrogens is 380 g/mol. The molecule has 0 saturated carbocycles. The molecule has 1 N–H and O–H groups in total. The molecule has 1 aliphatic heterocycles. The van der Waals surface area contributed by atoms with Crippen molar-refractivity contribution in [2.24, 2.45) is 5.92 Å². The van der Waals surface area contributed by atoms with Gasteiger partial charge in [0.2, 0.25) is 0 Å². The van der Waals surface area contributed by atoms with Crippen molar-refractivity contribution in [3.63, 3.8) is 0 Å². The number of non-ortho nitro benzene ring substituents is 1. The predicted molar refractivity (Wildman–Crippen MR) is 107 cm³/mol. The van der Waals surface area contributed by atoms with Crippen molar-refractivity contribution in [3.8, 4) is 0 Å². The maximum atomic E-state index is 12.5. The quantitative estimate of drug-likeness (QED) is 0.329. The SMILES string of the molecule is CCOC(=O)c1cccc2c1N[C@H](c1cc([N+](=O)[O-])ccc1Cl)[C@@H]1CC=C[C@H]21. The van der Waals surface area contributed by atoms with E-state index in [-0.39, 0.29) is 30.2 Å². The van der Waals surface area contributed by atoms with Crippen LogP contribution >= 0.6 is 11.6 Å². The molecular formula is C21H19ClN2O4. The Morgan fingerprint density at radius 2 is 2.14 bits per heavy atom. The smallest absolute Gasteiger partial charge is 0.340 e. The van der Waals surface area contributed by atoms with E-state index in [9.17, 15) is 14.9 Å². The van der Waals surface area contributed by atoms with Crippen molar-refractivity contribution in [1.29, 1.82) is 0 Å². The third-order valence-corrected chi connectivity index (χ3v) is 5.76. The van der Waals surface area contributed by atoms with Gasteiger partial charge in [-0.2, -0.15) is 0 Å². The molecule has 28 heavy (non-hydrogen) atoms. The van der Waals surface area contributed by atoms with Gasteiger partial charge in [-0.15, -0.1) is 0 Å². The molecule has 144 valence electrons. The molecule has 4 rings (SSSR count). The minimum absolute atomic E-state index is 0.00631. The molecule has 0 saturated heterocycles. The Kier molecular flexibility index (Phi) is 4.81. The average molecular weight is 399 g/mol. The van der Waals surface area contributed by atoms with E-state index in [1.54, 1.807) is 19.1 Å². The fraction of sp³-hybridized carbons (Fsp3) is 0.286. The number of benzene rings is 2. The number of fused-ring (bicyclic) bond motifs is 3. The first-order valence-electron chi connectivity index (χ1n) is 9.18. The van der Waals surface area contributed by atoms with Crippen LogP contribution in [0.15, 0.2) is 48.6 Å². The van der Waals surface area contributed by atoms with Gasteiger partial charge in [-0.05, 0) is 37.0 Å². The minimum atomic E-state index is -0.426. The van der Waals surface area contributed by atoms with Crippen LogP contribution < -0.4 is 5.32 Å². The van der Waals surface area contributed by atoms with Crippen molar-refractivity contribution in [1.82, 2.24) is 0 Å². The van der Waals surface area contributed by atoms with Crippen LogP contribution in [0.1, 0.15) is 46.8 Å². The lowest BCUT2D eigenvalue weighted by Gasteiger charge is -2.38. The summed E-state index contributed by atoms with van der Waals surface area (Å²) < 4.78 is 5.21. The van der Waals surface area contributed by atoms with Crippen LogP contribution in [-0.2, 0) is 4.74 Å². The number of allylic oxidation sites excluding steroid dienone is 2. The van der Waals surface area contributed by atoms with E-state index in [2.05, 4.69) is 17.5 Å². The van der Waals surface area contributed by atoms with Gasteiger partial charge in [0.05, 0.1) is 28.8 Å². The van der Waals surface area contributed by atoms with E-state index < -0.39 is 10.9 Å². The van der Waals surface area contributed by atoms with Crippen LogP contribution in [0.2, 0.25) is 5.02 Å². The van der Waals surface area contributed by atoms with Gasteiger partial charge in [0.15, 0.2) is 0 Å². The monoisotopic (exact) mass is 398 g/mol. The van der Waals surface area contributed by atoms with Gasteiger partial charge in [-0.3, -0.25) is 10.1 Å². The van der Waals surface area contributed by atoms with Gasteiger partial charge in [0.1, 0.15) is 0 Å². The first kappa shape index (κ1) is 18.5. The molecule has 2 aliphatic rings. The number of esters is 1. The molecule has 0 spiro atoms. The van der Waals surface area contributed by atoms with Gasteiger partial charge in [-0.1, -0.05) is 35.9 Å². The van der Waals surface area contributed by atoms with Crippen molar-refractivity contribution < 1.29 is 14.5 Å². The van der Waals surface area contributed by atoms with Crippen molar-refractivity contribution in [3.05, 3.63) is 80.4 Å². The van der Waals surface area contributed by atoms with Crippen LogP contribution in [0.5, 0.6) is 0 Å². The van der Waals surface area contributed by atoms with Gasteiger partial charge in [0.25, 0.3) is 5.69 Å². The molecule has 2 aromatic carbocycles. The predicted octanol–water partition coefficient (Wildman–Crippen LogP) is 5.25. The van der Waals surface area contributed by atoms with Gasteiger partial charge in [-0.25, -0.2) is 4.79 Å². The number of nitrogens with zero attached hydrogens (tertiary/aromatic N) is 1. The summed E-state index contributed by atoms with van der Waals surface area (Å²) in [4.78, 5) is 23.3. The zero-order chi connectivity index (χ0) is 19.8. The second-order valence-electron chi connectivity index (χ2n) is 6.93. The number of carbonyl (C=O) groups is 1. The summed E-state index contributed by atoms with van der Waals surface area (Å²) >= 11 is 6.43. The van der Waals surface area contributed by atoms with E-state index in [0.29, 0.717) is 21.8 Å². The topological polar surface area (TPSA) is 81.5 Å². The van der Waals surface area contributed by atoms with Crippen LogP contribution in [0, 0.1) is 16.0 Å². The molecule has 1 aliphatic carbocycles. The van der Waals surface area contributed by atoms with Crippen molar-refractivity contribution in [2.45, 2.75) is 25.3 Å². The van der Waals surface area contributed by atoms with E-state index in [4.69, 9.17) is 16.3 Å². The maximum Gasteiger partial charge on any atom is 0.340 e. The van der Waals surface area contributed by atoms with E-state index in [1.807, 2.05) is 12.1 Å². The molecule has 0 fully saturated rings. The second kappa shape index (κ2) is 7.28. The molecule has 0 aromatic heterocycles. The normalized spacial score (nSPS) is 22.1. The summed E-state index contributed by atoms with van der Waals surface area (Å²) in [6.07, 6.45) is 5.07. The van der Waals surface area contributed by atoms with E-state index in [0.717, 1.165) is 12.0 Å².